The molecule has 110 valence electrons. The molecule has 1 aromatic heterocycles. The third kappa shape index (κ3) is 4.44. The van der Waals surface area contributed by atoms with Gasteiger partial charge in [0.25, 0.3) is 5.91 Å². The number of benzene rings is 1. The monoisotopic (exact) mass is 359 g/mol. The van der Waals surface area contributed by atoms with Crippen LogP contribution in [0.4, 0.5) is 5.13 Å². The number of carbonyl (C=O) groups is 2. The van der Waals surface area contributed by atoms with E-state index in [2.05, 4.69) is 15.5 Å². The van der Waals surface area contributed by atoms with E-state index >= 15 is 0 Å². The lowest BCUT2D eigenvalue weighted by molar-refractivity contribution is -0.105. The number of hydrogen-bond donors (Lipinski definition) is 1. The van der Waals surface area contributed by atoms with Crippen LogP contribution in [0.1, 0.15) is 10.4 Å². The standard InChI is InChI=1S/C12H10ClN3O2S3/c1-19-7-2-3-9(13)8(6-7)10(18)14-11-15-16-12(21-11)20-5-4-17/h2-4,6H,5H2,1H3,(H,14,15,18). The summed E-state index contributed by atoms with van der Waals surface area (Å²) in [4.78, 5) is 23.4. The molecule has 0 aliphatic carbocycles. The maximum atomic E-state index is 12.2. The summed E-state index contributed by atoms with van der Waals surface area (Å²) in [7, 11) is 0. The molecule has 0 unspecified atom stereocenters. The van der Waals surface area contributed by atoms with E-state index in [-0.39, 0.29) is 5.91 Å². The number of thioether (sulfide) groups is 2. The lowest BCUT2D eigenvalue weighted by atomic mass is 10.2. The van der Waals surface area contributed by atoms with Crippen molar-refractivity contribution in [3.63, 3.8) is 0 Å². The lowest BCUT2D eigenvalue weighted by Crippen LogP contribution is -2.12. The highest BCUT2D eigenvalue weighted by atomic mass is 35.5. The number of halogens is 1. The fourth-order valence-electron chi connectivity index (χ4n) is 1.39. The van der Waals surface area contributed by atoms with Crippen LogP contribution in [0.3, 0.4) is 0 Å². The number of amides is 1. The molecule has 0 spiro atoms. The zero-order valence-corrected chi connectivity index (χ0v) is 14.0. The van der Waals surface area contributed by atoms with Crippen LogP contribution in [-0.2, 0) is 4.79 Å². The van der Waals surface area contributed by atoms with Gasteiger partial charge in [0.2, 0.25) is 5.13 Å². The van der Waals surface area contributed by atoms with Crippen molar-refractivity contribution >= 4 is 63.8 Å². The minimum absolute atomic E-state index is 0.310. The first-order chi connectivity index (χ1) is 10.1. The first-order valence-electron chi connectivity index (χ1n) is 5.69. The van der Waals surface area contributed by atoms with Gasteiger partial charge in [-0.05, 0) is 24.5 Å². The van der Waals surface area contributed by atoms with E-state index in [1.807, 2.05) is 12.3 Å². The number of aromatic nitrogens is 2. The van der Waals surface area contributed by atoms with Crippen molar-refractivity contribution in [1.82, 2.24) is 10.2 Å². The lowest BCUT2D eigenvalue weighted by Gasteiger charge is -2.05. The second kappa shape index (κ2) is 7.79. The first-order valence-corrected chi connectivity index (χ1v) is 9.09. The van der Waals surface area contributed by atoms with Crippen LogP contribution < -0.4 is 5.32 Å². The molecule has 21 heavy (non-hydrogen) atoms. The molecule has 9 heteroatoms. The highest BCUT2D eigenvalue weighted by molar-refractivity contribution is 8.01. The van der Waals surface area contributed by atoms with Crippen molar-refractivity contribution in [3.05, 3.63) is 28.8 Å². The molecule has 0 bridgehead atoms. The molecule has 1 heterocycles. The molecular weight excluding hydrogens is 350 g/mol. The van der Waals surface area contributed by atoms with Crippen molar-refractivity contribution in [2.45, 2.75) is 9.24 Å². The van der Waals surface area contributed by atoms with Crippen LogP contribution in [0.15, 0.2) is 27.4 Å². The number of aldehydes is 1. The van der Waals surface area contributed by atoms with Crippen LogP contribution in [-0.4, -0.2) is 34.4 Å². The van der Waals surface area contributed by atoms with Gasteiger partial charge in [-0.3, -0.25) is 10.1 Å². The van der Waals surface area contributed by atoms with Crippen LogP contribution >= 0.6 is 46.5 Å². The Morgan fingerprint density at radius 3 is 3.00 bits per heavy atom. The van der Waals surface area contributed by atoms with Gasteiger partial charge in [0.15, 0.2) is 4.34 Å². The maximum Gasteiger partial charge on any atom is 0.259 e. The predicted octanol–water partition coefficient (Wildman–Crippen LogP) is 3.46. The molecule has 0 saturated heterocycles. The van der Waals surface area contributed by atoms with Gasteiger partial charge in [0.1, 0.15) is 6.29 Å². The summed E-state index contributed by atoms with van der Waals surface area (Å²) < 4.78 is 0.626. The molecule has 0 radical (unpaired) electrons. The molecule has 0 fully saturated rings. The molecule has 0 atom stereocenters. The number of anilines is 1. The van der Waals surface area contributed by atoms with Crippen molar-refractivity contribution < 1.29 is 9.59 Å². The Labute approximate surface area is 138 Å². The van der Waals surface area contributed by atoms with Gasteiger partial charge in [-0.15, -0.1) is 22.0 Å². The van der Waals surface area contributed by atoms with Crippen LogP contribution in [0, 0.1) is 0 Å². The van der Waals surface area contributed by atoms with Crippen LogP contribution in [0.2, 0.25) is 5.02 Å². The Balaban J connectivity index is 2.10. The quantitative estimate of drug-likeness (QED) is 0.484. The zero-order valence-electron chi connectivity index (χ0n) is 10.8. The number of nitrogens with zero attached hydrogens (tertiary/aromatic N) is 2. The second-order valence-electron chi connectivity index (χ2n) is 3.65. The van der Waals surface area contributed by atoms with Crippen LogP contribution in [0.5, 0.6) is 0 Å². The van der Waals surface area contributed by atoms with E-state index in [4.69, 9.17) is 11.6 Å². The van der Waals surface area contributed by atoms with E-state index in [0.717, 1.165) is 11.2 Å². The molecule has 0 saturated carbocycles. The summed E-state index contributed by atoms with van der Waals surface area (Å²) >= 11 is 10.1. The molecule has 2 rings (SSSR count). The number of carbonyl (C=O) groups excluding carboxylic acids is 2. The molecule has 0 aliphatic rings. The highest BCUT2D eigenvalue weighted by Crippen LogP contribution is 2.27. The minimum atomic E-state index is -0.334. The Morgan fingerprint density at radius 1 is 1.48 bits per heavy atom. The molecule has 1 N–H and O–H groups in total. The molecule has 1 amide bonds. The topological polar surface area (TPSA) is 72.0 Å². The average Bonchev–Trinajstić information content (AvgIpc) is 2.93. The van der Waals surface area contributed by atoms with E-state index < -0.39 is 0 Å². The Kier molecular flexibility index (Phi) is 6.04. The van der Waals surface area contributed by atoms with E-state index in [1.165, 1.54) is 34.9 Å². The minimum Gasteiger partial charge on any atom is -0.302 e. The fourth-order valence-corrected chi connectivity index (χ4v) is 3.50. The van der Waals surface area contributed by atoms with Crippen molar-refractivity contribution in [2.75, 3.05) is 17.3 Å². The van der Waals surface area contributed by atoms with Gasteiger partial charge in [-0.1, -0.05) is 34.7 Å². The van der Waals surface area contributed by atoms with Gasteiger partial charge in [-0.2, -0.15) is 0 Å². The molecule has 2 aromatic rings. The van der Waals surface area contributed by atoms with Gasteiger partial charge in [-0.25, -0.2) is 0 Å². The van der Waals surface area contributed by atoms with Crippen molar-refractivity contribution in [1.29, 1.82) is 0 Å². The zero-order chi connectivity index (χ0) is 15.2. The highest BCUT2D eigenvalue weighted by Gasteiger charge is 2.14. The summed E-state index contributed by atoms with van der Waals surface area (Å²) in [6, 6.07) is 5.27. The fraction of sp³-hybridized carbons (Fsp3) is 0.167. The summed E-state index contributed by atoms with van der Waals surface area (Å²) in [5, 5.41) is 11.1. The SMILES string of the molecule is CSc1ccc(Cl)c(C(=O)Nc2nnc(SCC=O)s2)c1. The first kappa shape index (κ1) is 16.3. The van der Waals surface area contributed by atoms with Crippen LogP contribution in [0.25, 0.3) is 0 Å². The van der Waals surface area contributed by atoms with E-state index in [9.17, 15) is 9.59 Å². The average molecular weight is 360 g/mol. The van der Waals surface area contributed by atoms with E-state index in [1.54, 1.807) is 12.1 Å². The van der Waals surface area contributed by atoms with Gasteiger partial charge in [0.05, 0.1) is 16.3 Å². The summed E-state index contributed by atoms with van der Waals surface area (Å²) in [5.41, 5.74) is 0.390. The maximum absolute atomic E-state index is 12.2. The smallest absolute Gasteiger partial charge is 0.259 e. The summed E-state index contributed by atoms with van der Waals surface area (Å²) in [5.74, 6) is -0.0246. The summed E-state index contributed by atoms with van der Waals surface area (Å²) in [6.07, 6.45) is 2.71. The third-order valence-corrected chi connectivity index (χ3v) is 5.24. The second-order valence-corrected chi connectivity index (χ2v) is 7.18. The molecular formula is C12H10ClN3O2S3. The molecule has 0 aliphatic heterocycles. The van der Waals surface area contributed by atoms with Gasteiger partial charge in [0, 0.05) is 4.90 Å². The third-order valence-electron chi connectivity index (χ3n) is 2.32. The number of nitrogens with one attached hydrogen (secondary N) is 1. The number of rotatable bonds is 6. The molecule has 5 nitrogen and oxygen atoms in total. The Bertz CT molecular complexity index is 663. The predicted molar refractivity (Wildman–Crippen MR) is 87.9 cm³/mol. The Morgan fingerprint density at radius 2 is 2.29 bits per heavy atom. The van der Waals surface area contributed by atoms with Gasteiger partial charge >= 0.3 is 0 Å². The normalized spacial score (nSPS) is 10.4. The molecule has 1 aromatic carbocycles. The summed E-state index contributed by atoms with van der Waals surface area (Å²) in [6.45, 7) is 0. The van der Waals surface area contributed by atoms with E-state index in [0.29, 0.717) is 25.8 Å². The Hall–Kier alpha value is -1.09. The van der Waals surface area contributed by atoms with Crippen molar-refractivity contribution in [2.24, 2.45) is 0 Å². The van der Waals surface area contributed by atoms with Crippen molar-refractivity contribution in [3.8, 4) is 0 Å². The number of hydrogen-bond acceptors (Lipinski definition) is 7. The van der Waals surface area contributed by atoms with Gasteiger partial charge < -0.3 is 4.79 Å². The largest absolute Gasteiger partial charge is 0.302 e.